The van der Waals surface area contributed by atoms with Crippen LogP contribution in [0.2, 0.25) is 5.02 Å². The van der Waals surface area contributed by atoms with E-state index in [2.05, 4.69) is 5.32 Å². The summed E-state index contributed by atoms with van der Waals surface area (Å²) < 4.78 is 28.0. The van der Waals surface area contributed by atoms with Crippen molar-refractivity contribution < 1.29 is 18.0 Å². The molecule has 7 nitrogen and oxygen atoms in total. The molecule has 9 heteroatoms. The highest BCUT2D eigenvalue weighted by atomic mass is 35.5. The molecule has 1 aliphatic heterocycles. The zero-order valence-electron chi connectivity index (χ0n) is 22.2. The molecule has 4 rings (SSSR count). The van der Waals surface area contributed by atoms with E-state index < -0.39 is 21.6 Å². The first-order valence-electron chi connectivity index (χ1n) is 12.8. The van der Waals surface area contributed by atoms with Crippen molar-refractivity contribution in [2.75, 3.05) is 10.8 Å². The first-order chi connectivity index (χ1) is 17.9. The van der Waals surface area contributed by atoms with E-state index in [-0.39, 0.29) is 31.3 Å². The van der Waals surface area contributed by atoms with E-state index in [9.17, 15) is 18.0 Å². The predicted molar refractivity (Wildman–Crippen MR) is 152 cm³/mol. The molecule has 38 heavy (non-hydrogen) atoms. The van der Waals surface area contributed by atoms with Gasteiger partial charge in [-0.2, -0.15) is 0 Å². The molecule has 0 saturated heterocycles. The summed E-state index contributed by atoms with van der Waals surface area (Å²) in [5.41, 5.74) is 1.05. The van der Waals surface area contributed by atoms with Crippen LogP contribution in [0.3, 0.4) is 0 Å². The second kappa shape index (κ2) is 10.9. The normalized spacial score (nSPS) is 14.9. The number of anilines is 1. The molecule has 0 radical (unpaired) electrons. The van der Waals surface area contributed by atoms with Gasteiger partial charge in [0.15, 0.2) is 0 Å². The molecule has 1 heterocycles. The van der Waals surface area contributed by atoms with Crippen LogP contribution in [0.1, 0.15) is 52.5 Å². The molecular formula is C29H34ClN3O4S. The van der Waals surface area contributed by atoms with Crippen LogP contribution in [0.4, 0.5) is 5.69 Å². The highest BCUT2D eigenvalue weighted by Gasteiger charge is 2.36. The van der Waals surface area contributed by atoms with Crippen molar-refractivity contribution in [3.63, 3.8) is 0 Å². The van der Waals surface area contributed by atoms with Crippen molar-refractivity contribution in [1.82, 2.24) is 10.2 Å². The van der Waals surface area contributed by atoms with Crippen LogP contribution in [0.5, 0.6) is 0 Å². The predicted octanol–water partition coefficient (Wildman–Crippen LogP) is 5.50. The Morgan fingerprint density at radius 1 is 1.03 bits per heavy atom. The van der Waals surface area contributed by atoms with Crippen molar-refractivity contribution >= 4 is 49.9 Å². The summed E-state index contributed by atoms with van der Waals surface area (Å²) in [5, 5.41) is 5.17. The topological polar surface area (TPSA) is 86.8 Å². The van der Waals surface area contributed by atoms with E-state index >= 15 is 0 Å². The molecule has 1 aliphatic rings. The van der Waals surface area contributed by atoms with Gasteiger partial charge in [-0.1, -0.05) is 54.9 Å². The molecular weight excluding hydrogens is 522 g/mol. The number of nitrogens with zero attached hydrogens (tertiary/aromatic N) is 2. The molecule has 0 fully saturated rings. The summed E-state index contributed by atoms with van der Waals surface area (Å²) in [7, 11) is -3.69. The first-order valence-corrected chi connectivity index (χ1v) is 14.6. The third-order valence-electron chi connectivity index (χ3n) is 6.58. The maximum Gasteiger partial charge on any atom is 0.265 e. The van der Waals surface area contributed by atoms with E-state index in [4.69, 9.17) is 11.6 Å². The highest BCUT2D eigenvalue weighted by molar-refractivity contribution is 7.93. The monoisotopic (exact) mass is 555 g/mol. The molecule has 0 bridgehead atoms. The third-order valence-corrected chi connectivity index (χ3v) is 8.69. The number of benzene rings is 3. The summed E-state index contributed by atoms with van der Waals surface area (Å²) in [4.78, 5) is 28.6. The molecule has 0 aromatic heterocycles. The number of amides is 2. The van der Waals surface area contributed by atoms with E-state index in [0.29, 0.717) is 28.4 Å². The van der Waals surface area contributed by atoms with Crippen LogP contribution in [-0.2, 0) is 26.2 Å². The van der Waals surface area contributed by atoms with Gasteiger partial charge in [-0.25, -0.2) is 8.42 Å². The van der Waals surface area contributed by atoms with Gasteiger partial charge in [0.25, 0.3) is 10.0 Å². The zero-order chi connectivity index (χ0) is 27.7. The van der Waals surface area contributed by atoms with Crippen LogP contribution < -0.4 is 9.62 Å². The number of hydrogen-bond acceptors (Lipinski definition) is 4. The largest absolute Gasteiger partial charge is 0.350 e. The van der Waals surface area contributed by atoms with E-state index in [1.165, 1.54) is 4.31 Å². The number of nitrogens with one attached hydrogen (secondary N) is 1. The van der Waals surface area contributed by atoms with Gasteiger partial charge in [0.1, 0.15) is 6.04 Å². The van der Waals surface area contributed by atoms with Gasteiger partial charge in [-0.05, 0) is 68.8 Å². The van der Waals surface area contributed by atoms with Gasteiger partial charge in [0, 0.05) is 35.5 Å². The van der Waals surface area contributed by atoms with Crippen molar-refractivity contribution in [2.24, 2.45) is 0 Å². The smallest absolute Gasteiger partial charge is 0.265 e. The van der Waals surface area contributed by atoms with Crippen LogP contribution in [0.25, 0.3) is 10.8 Å². The van der Waals surface area contributed by atoms with Crippen molar-refractivity contribution in [3.05, 3.63) is 71.2 Å². The van der Waals surface area contributed by atoms with Gasteiger partial charge in [-0.15, -0.1) is 0 Å². The molecule has 202 valence electrons. The fourth-order valence-corrected chi connectivity index (χ4v) is 6.75. The summed E-state index contributed by atoms with van der Waals surface area (Å²) >= 11 is 6.04. The van der Waals surface area contributed by atoms with Crippen molar-refractivity contribution in [2.45, 2.75) is 70.0 Å². The fraction of sp³-hybridized carbons (Fsp3) is 0.379. The minimum atomic E-state index is -3.69. The van der Waals surface area contributed by atoms with Crippen LogP contribution >= 0.6 is 11.6 Å². The summed E-state index contributed by atoms with van der Waals surface area (Å²) in [5.74, 6) is -0.422. The Hall–Kier alpha value is -3.10. The molecule has 0 unspecified atom stereocenters. The lowest BCUT2D eigenvalue weighted by Crippen LogP contribution is -2.53. The van der Waals surface area contributed by atoms with Gasteiger partial charge in [0.05, 0.1) is 10.6 Å². The molecule has 3 aromatic carbocycles. The number of sulfonamides is 1. The maximum atomic E-state index is 13.6. The third kappa shape index (κ3) is 5.81. The fourth-order valence-electron chi connectivity index (χ4n) is 4.88. The first kappa shape index (κ1) is 27.9. The number of carbonyl (C=O) groups is 2. The maximum absolute atomic E-state index is 13.6. The van der Waals surface area contributed by atoms with E-state index in [1.54, 1.807) is 35.2 Å². The minimum Gasteiger partial charge on any atom is -0.350 e. The SMILES string of the molecule is CC[C@@H](C(=O)NC(C)(C)C)N(Cc1ccc(Cl)cc1)C(=O)CCCN1c2cccc3cccc(c23)S1(=O)=O. The quantitative estimate of drug-likeness (QED) is 0.377. The lowest BCUT2D eigenvalue weighted by molar-refractivity contribution is -0.142. The molecule has 2 amide bonds. The summed E-state index contributed by atoms with van der Waals surface area (Å²) in [6, 6.07) is 17.3. The number of rotatable bonds is 9. The molecule has 3 aromatic rings. The Bertz CT molecular complexity index is 1440. The Balaban J connectivity index is 1.53. The van der Waals surface area contributed by atoms with E-state index in [1.807, 2.05) is 58.0 Å². The highest BCUT2D eigenvalue weighted by Crippen LogP contribution is 2.42. The van der Waals surface area contributed by atoms with Crippen LogP contribution in [-0.4, -0.2) is 43.3 Å². The Morgan fingerprint density at radius 2 is 1.68 bits per heavy atom. The number of carbonyl (C=O) groups excluding carboxylic acids is 2. The van der Waals surface area contributed by atoms with Gasteiger partial charge in [0.2, 0.25) is 11.8 Å². The van der Waals surface area contributed by atoms with E-state index in [0.717, 1.165) is 16.3 Å². The molecule has 0 aliphatic carbocycles. The Labute approximate surface area is 229 Å². The lowest BCUT2D eigenvalue weighted by atomic mass is 10.0. The second-order valence-corrected chi connectivity index (χ2v) is 12.9. The van der Waals surface area contributed by atoms with Gasteiger partial charge in [-0.3, -0.25) is 13.9 Å². The van der Waals surface area contributed by atoms with Crippen LogP contribution in [0.15, 0.2) is 65.6 Å². The zero-order valence-corrected chi connectivity index (χ0v) is 23.8. The average Bonchev–Trinajstić information content (AvgIpc) is 3.07. The molecule has 0 spiro atoms. The van der Waals surface area contributed by atoms with Crippen LogP contribution in [0, 0.1) is 0 Å². The van der Waals surface area contributed by atoms with Gasteiger partial charge >= 0.3 is 0 Å². The lowest BCUT2D eigenvalue weighted by Gasteiger charge is -2.33. The molecule has 1 atom stereocenters. The Morgan fingerprint density at radius 3 is 2.32 bits per heavy atom. The minimum absolute atomic E-state index is 0.102. The van der Waals surface area contributed by atoms with Gasteiger partial charge < -0.3 is 10.2 Å². The standard InChI is InChI=1S/C29H34ClN3O4S/c1-5-23(28(35)31-29(2,3)4)32(19-20-14-16-22(30)17-15-20)26(34)13-8-18-33-24-11-6-9-21-10-7-12-25(27(21)24)38(33,36)37/h6-7,9-12,14-17,23H,5,8,13,18-19H2,1-4H3,(H,31,35)/t23-/m0/s1. The summed E-state index contributed by atoms with van der Waals surface area (Å²) in [6.45, 7) is 8.00. The molecule has 1 N–H and O–H groups in total. The van der Waals surface area contributed by atoms with Crippen molar-refractivity contribution in [3.8, 4) is 0 Å². The number of halogens is 1. The van der Waals surface area contributed by atoms with Crippen molar-refractivity contribution in [1.29, 1.82) is 0 Å². The molecule has 0 saturated carbocycles. The summed E-state index contributed by atoms with van der Waals surface area (Å²) in [6.07, 6.45) is 0.862. The Kier molecular flexibility index (Phi) is 8.04. The number of hydrogen-bond donors (Lipinski definition) is 1. The second-order valence-electron chi connectivity index (χ2n) is 10.6. The average molecular weight is 556 g/mol.